The fourth-order valence-electron chi connectivity index (χ4n) is 3.27. The van der Waals surface area contributed by atoms with Crippen LogP contribution in [0.25, 0.3) is 0 Å². The fraction of sp³-hybridized carbons (Fsp3) is 0.400. The molecule has 4 nitrogen and oxygen atoms in total. The highest BCUT2D eigenvalue weighted by atomic mass is 32.2. The van der Waals surface area contributed by atoms with Crippen LogP contribution in [-0.2, 0) is 6.61 Å². The van der Waals surface area contributed by atoms with Crippen molar-refractivity contribution in [2.24, 2.45) is 0 Å². The second kappa shape index (κ2) is 8.23. The number of benzene rings is 2. The Morgan fingerprint density at radius 2 is 1.88 bits per heavy atom. The van der Waals surface area contributed by atoms with Crippen molar-refractivity contribution in [1.29, 1.82) is 0 Å². The predicted molar refractivity (Wildman–Crippen MR) is 103 cm³/mol. The van der Waals surface area contributed by atoms with Crippen molar-refractivity contribution in [2.75, 3.05) is 31.5 Å². The van der Waals surface area contributed by atoms with Crippen LogP contribution in [0.1, 0.15) is 36.6 Å². The zero-order valence-corrected chi connectivity index (χ0v) is 15.6. The van der Waals surface area contributed by atoms with E-state index < -0.39 is 6.10 Å². The van der Waals surface area contributed by atoms with E-state index in [0.717, 1.165) is 58.3 Å². The third-order valence-corrected chi connectivity index (χ3v) is 6.06. The Kier molecular flexibility index (Phi) is 6.02. The average Bonchev–Trinajstić information content (AvgIpc) is 2.65. The highest BCUT2D eigenvalue weighted by molar-refractivity contribution is 7.99. The molecule has 0 aromatic heterocycles. The van der Waals surface area contributed by atoms with Gasteiger partial charge in [-0.15, -0.1) is 0 Å². The monoisotopic (exact) mass is 358 g/mol. The van der Waals surface area contributed by atoms with E-state index in [-0.39, 0.29) is 6.61 Å². The lowest BCUT2D eigenvalue weighted by molar-refractivity contribution is 0.212. The van der Waals surface area contributed by atoms with E-state index in [4.69, 9.17) is 0 Å². The van der Waals surface area contributed by atoms with Crippen LogP contribution in [0, 0.1) is 0 Å². The van der Waals surface area contributed by atoms with Gasteiger partial charge in [0.05, 0.1) is 6.61 Å². The number of rotatable bonds is 7. The maximum Gasteiger partial charge on any atom is 0.108 e. The summed E-state index contributed by atoms with van der Waals surface area (Å²) in [4.78, 5) is 4.39. The SMILES string of the molecule is CCN(CC)CCNc1ccc(CO)c2c1[C@H](O)c1ccccc1S2. The van der Waals surface area contributed by atoms with Gasteiger partial charge in [0.1, 0.15) is 6.10 Å². The van der Waals surface area contributed by atoms with E-state index in [9.17, 15) is 10.2 Å². The average molecular weight is 359 g/mol. The number of aliphatic hydroxyl groups is 2. The van der Waals surface area contributed by atoms with Crippen LogP contribution >= 0.6 is 11.8 Å². The van der Waals surface area contributed by atoms with Gasteiger partial charge in [-0.05, 0) is 36.3 Å². The van der Waals surface area contributed by atoms with Crippen LogP contribution in [0.5, 0.6) is 0 Å². The van der Waals surface area contributed by atoms with Crippen LogP contribution in [0.15, 0.2) is 46.2 Å². The summed E-state index contributed by atoms with van der Waals surface area (Å²) in [6.07, 6.45) is -0.671. The Labute approximate surface area is 153 Å². The van der Waals surface area contributed by atoms with Crippen molar-refractivity contribution in [1.82, 2.24) is 4.90 Å². The summed E-state index contributed by atoms with van der Waals surface area (Å²) < 4.78 is 0. The van der Waals surface area contributed by atoms with Crippen molar-refractivity contribution in [3.63, 3.8) is 0 Å². The van der Waals surface area contributed by atoms with Crippen molar-refractivity contribution in [3.05, 3.63) is 53.1 Å². The van der Waals surface area contributed by atoms with Crippen LogP contribution < -0.4 is 5.32 Å². The largest absolute Gasteiger partial charge is 0.392 e. The van der Waals surface area contributed by atoms with Gasteiger partial charge >= 0.3 is 0 Å². The van der Waals surface area contributed by atoms with Crippen molar-refractivity contribution in [2.45, 2.75) is 36.3 Å². The molecule has 3 rings (SSSR count). The van der Waals surface area contributed by atoms with Gasteiger partial charge in [0, 0.05) is 34.1 Å². The molecule has 3 N–H and O–H groups in total. The number of aliphatic hydroxyl groups excluding tert-OH is 2. The summed E-state index contributed by atoms with van der Waals surface area (Å²) >= 11 is 1.63. The molecule has 1 aliphatic heterocycles. The fourth-order valence-corrected chi connectivity index (χ4v) is 4.53. The first-order valence-corrected chi connectivity index (χ1v) is 9.68. The predicted octanol–water partition coefficient (Wildman–Crippen LogP) is 3.48. The van der Waals surface area contributed by atoms with E-state index in [1.807, 2.05) is 36.4 Å². The molecule has 0 aliphatic carbocycles. The molecule has 5 heteroatoms. The topological polar surface area (TPSA) is 55.7 Å². The van der Waals surface area contributed by atoms with Gasteiger partial charge in [-0.3, -0.25) is 0 Å². The quantitative estimate of drug-likeness (QED) is 0.707. The standard InChI is InChI=1S/C20H26N2O2S/c1-3-22(4-2)12-11-21-16-10-9-14(13-23)20-18(16)19(24)15-7-5-6-8-17(15)25-20/h5-10,19,21,23-24H,3-4,11-13H2,1-2H3/t19-/m1/s1. The van der Waals surface area contributed by atoms with Gasteiger partial charge in [0.15, 0.2) is 0 Å². The Bertz CT molecular complexity index is 732. The van der Waals surface area contributed by atoms with E-state index in [1.165, 1.54) is 0 Å². The van der Waals surface area contributed by atoms with E-state index in [0.29, 0.717) is 0 Å². The second-order valence-electron chi connectivity index (χ2n) is 6.17. The van der Waals surface area contributed by atoms with Gasteiger partial charge < -0.3 is 20.4 Å². The van der Waals surface area contributed by atoms with Gasteiger partial charge in [-0.1, -0.05) is 49.9 Å². The number of nitrogens with one attached hydrogen (secondary N) is 1. The number of likely N-dealkylation sites (N-methyl/N-ethyl adjacent to an activating group) is 1. The Morgan fingerprint density at radius 3 is 2.60 bits per heavy atom. The highest BCUT2D eigenvalue weighted by Crippen LogP contribution is 2.48. The van der Waals surface area contributed by atoms with E-state index >= 15 is 0 Å². The third kappa shape index (κ3) is 3.70. The molecule has 0 bridgehead atoms. The molecular formula is C20H26N2O2S. The maximum atomic E-state index is 11.0. The second-order valence-corrected chi connectivity index (χ2v) is 7.22. The van der Waals surface area contributed by atoms with Gasteiger partial charge in [-0.25, -0.2) is 0 Å². The summed E-state index contributed by atoms with van der Waals surface area (Å²) in [6.45, 7) is 8.16. The molecule has 1 atom stereocenters. The van der Waals surface area contributed by atoms with Crippen LogP contribution in [0.3, 0.4) is 0 Å². The van der Waals surface area contributed by atoms with E-state index in [2.05, 4.69) is 24.1 Å². The Hall–Kier alpha value is -1.53. The highest BCUT2D eigenvalue weighted by Gasteiger charge is 2.28. The molecule has 0 fully saturated rings. The third-order valence-electron chi connectivity index (χ3n) is 4.78. The van der Waals surface area contributed by atoms with Crippen molar-refractivity contribution < 1.29 is 10.2 Å². The first-order valence-electron chi connectivity index (χ1n) is 8.87. The lowest BCUT2D eigenvalue weighted by Gasteiger charge is -2.29. The lowest BCUT2D eigenvalue weighted by atomic mass is 9.97. The molecular weight excluding hydrogens is 332 g/mol. The summed E-state index contributed by atoms with van der Waals surface area (Å²) in [5, 5.41) is 24.2. The maximum absolute atomic E-state index is 11.0. The van der Waals surface area contributed by atoms with Gasteiger partial charge in [-0.2, -0.15) is 0 Å². The molecule has 0 amide bonds. The number of fused-ring (bicyclic) bond motifs is 2. The minimum atomic E-state index is -0.671. The molecule has 134 valence electrons. The minimum Gasteiger partial charge on any atom is -0.392 e. The first kappa shape index (κ1) is 18.3. The number of anilines is 1. The van der Waals surface area contributed by atoms with Gasteiger partial charge in [0.25, 0.3) is 0 Å². The summed E-state index contributed by atoms with van der Waals surface area (Å²) in [6, 6.07) is 11.9. The molecule has 1 heterocycles. The smallest absolute Gasteiger partial charge is 0.108 e. The van der Waals surface area contributed by atoms with Crippen LogP contribution in [-0.4, -0.2) is 41.3 Å². The zero-order chi connectivity index (χ0) is 17.8. The number of hydrogen-bond donors (Lipinski definition) is 3. The van der Waals surface area contributed by atoms with E-state index in [1.54, 1.807) is 11.8 Å². The molecule has 2 aromatic carbocycles. The zero-order valence-electron chi connectivity index (χ0n) is 14.8. The van der Waals surface area contributed by atoms with Crippen molar-refractivity contribution >= 4 is 17.4 Å². The Morgan fingerprint density at radius 1 is 1.12 bits per heavy atom. The number of hydrogen-bond acceptors (Lipinski definition) is 5. The summed E-state index contributed by atoms with van der Waals surface area (Å²) in [7, 11) is 0. The molecule has 0 saturated heterocycles. The normalized spacial score (nSPS) is 15.8. The molecule has 0 spiro atoms. The number of nitrogens with zero attached hydrogens (tertiary/aromatic N) is 1. The van der Waals surface area contributed by atoms with Crippen LogP contribution in [0.2, 0.25) is 0 Å². The Balaban J connectivity index is 1.90. The van der Waals surface area contributed by atoms with Gasteiger partial charge in [0.2, 0.25) is 0 Å². The molecule has 0 unspecified atom stereocenters. The molecule has 0 radical (unpaired) electrons. The molecule has 0 saturated carbocycles. The molecule has 25 heavy (non-hydrogen) atoms. The van der Waals surface area contributed by atoms with Crippen LogP contribution in [0.4, 0.5) is 5.69 Å². The summed E-state index contributed by atoms with van der Waals surface area (Å²) in [5.41, 5.74) is 3.63. The first-order chi connectivity index (χ1) is 12.2. The lowest BCUT2D eigenvalue weighted by Crippen LogP contribution is -2.29. The molecule has 2 aromatic rings. The molecule has 1 aliphatic rings. The van der Waals surface area contributed by atoms with Crippen molar-refractivity contribution in [3.8, 4) is 0 Å². The minimum absolute atomic E-state index is 0.0239. The summed E-state index contributed by atoms with van der Waals surface area (Å²) in [5.74, 6) is 0.